The first-order valence-electron chi connectivity index (χ1n) is 6.06. The Morgan fingerprint density at radius 1 is 1.39 bits per heavy atom. The SMILES string of the molecule is CN1Cc2nc[nH]c2CC1C(=O)c1ccccc1. The van der Waals surface area contributed by atoms with Crippen LogP contribution in [0, 0.1) is 0 Å². The van der Waals surface area contributed by atoms with E-state index in [0.717, 1.165) is 23.5 Å². The van der Waals surface area contributed by atoms with Gasteiger partial charge in [-0.25, -0.2) is 4.98 Å². The molecule has 1 unspecified atom stereocenters. The molecule has 0 bridgehead atoms. The summed E-state index contributed by atoms with van der Waals surface area (Å²) in [6.45, 7) is 0.724. The van der Waals surface area contributed by atoms with Crippen LogP contribution in [0.15, 0.2) is 36.7 Å². The maximum atomic E-state index is 12.5. The monoisotopic (exact) mass is 241 g/mol. The molecule has 3 rings (SSSR count). The second-order valence-electron chi connectivity index (χ2n) is 4.69. The van der Waals surface area contributed by atoms with E-state index in [9.17, 15) is 4.79 Å². The van der Waals surface area contributed by atoms with Gasteiger partial charge >= 0.3 is 0 Å². The molecule has 4 nitrogen and oxygen atoms in total. The number of benzene rings is 1. The Bertz CT molecular complexity index is 561. The highest BCUT2D eigenvalue weighted by atomic mass is 16.1. The first-order chi connectivity index (χ1) is 8.75. The summed E-state index contributed by atoms with van der Waals surface area (Å²) in [6.07, 6.45) is 2.41. The normalized spacial score (nSPS) is 19.5. The Morgan fingerprint density at radius 2 is 2.17 bits per heavy atom. The fourth-order valence-electron chi connectivity index (χ4n) is 2.45. The summed E-state index contributed by atoms with van der Waals surface area (Å²) in [7, 11) is 1.98. The molecule has 0 amide bonds. The molecular weight excluding hydrogens is 226 g/mol. The summed E-state index contributed by atoms with van der Waals surface area (Å²) in [5.41, 5.74) is 2.91. The molecule has 0 saturated heterocycles. The lowest BCUT2D eigenvalue weighted by atomic mass is 9.95. The Labute approximate surface area is 106 Å². The van der Waals surface area contributed by atoms with Crippen LogP contribution in [0.4, 0.5) is 0 Å². The summed E-state index contributed by atoms with van der Waals surface area (Å²) in [4.78, 5) is 21.9. The number of ketones is 1. The van der Waals surface area contributed by atoms with Crippen LogP contribution in [0.2, 0.25) is 0 Å². The third kappa shape index (κ3) is 1.84. The topological polar surface area (TPSA) is 49.0 Å². The second kappa shape index (κ2) is 4.38. The molecule has 0 radical (unpaired) electrons. The third-order valence-electron chi connectivity index (χ3n) is 3.50. The first kappa shape index (κ1) is 11.2. The maximum Gasteiger partial charge on any atom is 0.180 e. The van der Waals surface area contributed by atoms with Gasteiger partial charge in [0.05, 0.1) is 18.1 Å². The molecule has 1 aromatic carbocycles. The van der Waals surface area contributed by atoms with E-state index in [4.69, 9.17) is 0 Å². The number of H-pyrrole nitrogens is 1. The smallest absolute Gasteiger partial charge is 0.180 e. The molecule has 1 aromatic heterocycles. The largest absolute Gasteiger partial charge is 0.348 e. The number of hydrogen-bond donors (Lipinski definition) is 1. The molecular formula is C14H15N3O. The molecule has 92 valence electrons. The predicted octanol–water partition coefficient (Wildman–Crippen LogP) is 1.65. The number of nitrogens with one attached hydrogen (secondary N) is 1. The Hall–Kier alpha value is -1.94. The van der Waals surface area contributed by atoms with Crippen LogP contribution in [-0.2, 0) is 13.0 Å². The molecule has 1 N–H and O–H groups in total. The van der Waals surface area contributed by atoms with Gasteiger partial charge in [-0.15, -0.1) is 0 Å². The van der Waals surface area contributed by atoms with Crippen LogP contribution in [0.5, 0.6) is 0 Å². The van der Waals surface area contributed by atoms with Crippen molar-refractivity contribution in [2.24, 2.45) is 0 Å². The molecule has 0 spiro atoms. The van der Waals surface area contributed by atoms with Crippen LogP contribution < -0.4 is 0 Å². The second-order valence-corrected chi connectivity index (χ2v) is 4.69. The molecule has 1 atom stereocenters. The fourth-order valence-corrected chi connectivity index (χ4v) is 2.45. The summed E-state index contributed by atoms with van der Waals surface area (Å²) in [5, 5.41) is 0. The highest BCUT2D eigenvalue weighted by molar-refractivity contribution is 6.00. The van der Waals surface area contributed by atoms with E-state index < -0.39 is 0 Å². The van der Waals surface area contributed by atoms with Crippen molar-refractivity contribution in [3.63, 3.8) is 0 Å². The third-order valence-corrected chi connectivity index (χ3v) is 3.50. The number of rotatable bonds is 2. The average Bonchev–Trinajstić information content (AvgIpc) is 2.85. The lowest BCUT2D eigenvalue weighted by Crippen LogP contribution is -2.43. The zero-order valence-corrected chi connectivity index (χ0v) is 10.3. The van der Waals surface area contributed by atoms with Crippen molar-refractivity contribution in [2.75, 3.05) is 7.05 Å². The molecule has 1 aliphatic heterocycles. The molecule has 0 saturated carbocycles. The van der Waals surface area contributed by atoms with Crippen LogP contribution >= 0.6 is 0 Å². The minimum Gasteiger partial charge on any atom is -0.348 e. The standard InChI is InChI=1S/C14H15N3O/c1-17-8-12-11(15-9-16-12)7-13(17)14(18)10-5-3-2-4-6-10/h2-6,9,13H,7-8H2,1H3,(H,15,16). The van der Waals surface area contributed by atoms with Crippen molar-refractivity contribution in [3.05, 3.63) is 53.6 Å². The van der Waals surface area contributed by atoms with Gasteiger partial charge < -0.3 is 4.98 Å². The Balaban J connectivity index is 1.88. The summed E-state index contributed by atoms with van der Waals surface area (Å²) < 4.78 is 0. The minimum atomic E-state index is -0.0969. The maximum absolute atomic E-state index is 12.5. The first-order valence-corrected chi connectivity index (χ1v) is 6.06. The summed E-state index contributed by atoms with van der Waals surface area (Å²) in [5.74, 6) is 0.179. The molecule has 4 heteroatoms. The van der Waals surface area contributed by atoms with Crippen molar-refractivity contribution < 1.29 is 4.79 Å². The van der Waals surface area contributed by atoms with Crippen molar-refractivity contribution >= 4 is 5.78 Å². The van der Waals surface area contributed by atoms with Crippen LogP contribution in [0.1, 0.15) is 21.7 Å². The van der Waals surface area contributed by atoms with Crippen molar-refractivity contribution in [1.82, 2.24) is 14.9 Å². The van der Waals surface area contributed by atoms with Gasteiger partial charge in [0.15, 0.2) is 5.78 Å². The van der Waals surface area contributed by atoms with E-state index >= 15 is 0 Å². The van der Waals surface area contributed by atoms with Crippen LogP contribution in [0.3, 0.4) is 0 Å². The number of Topliss-reactive ketones (excluding diaryl/α,β-unsaturated/α-hetero) is 1. The van der Waals surface area contributed by atoms with Gasteiger partial charge in [-0.05, 0) is 7.05 Å². The van der Waals surface area contributed by atoms with Gasteiger partial charge in [-0.3, -0.25) is 9.69 Å². The van der Waals surface area contributed by atoms with Gasteiger partial charge in [0.25, 0.3) is 0 Å². The lowest BCUT2D eigenvalue weighted by molar-refractivity contribution is 0.0825. The van der Waals surface area contributed by atoms with Gasteiger partial charge in [0.1, 0.15) is 0 Å². The number of carbonyl (C=O) groups is 1. The van der Waals surface area contributed by atoms with Gasteiger partial charge in [0.2, 0.25) is 0 Å². The molecule has 0 aliphatic carbocycles. The van der Waals surface area contributed by atoms with Gasteiger partial charge in [-0.1, -0.05) is 30.3 Å². The molecule has 2 heterocycles. The number of carbonyl (C=O) groups excluding carboxylic acids is 1. The quantitative estimate of drug-likeness (QED) is 0.813. The zero-order valence-electron chi connectivity index (χ0n) is 10.3. The number of aromatic amines is 1. The minimum absolute atomic E-state index is 0.0969. The van der Waals surface area contributed by atoms with Crippen molar-refractivity contribution in [3.8, 4) is 0 Å². The number of nitrogens with zero attached hydrogens (tertiary/aromatic N) is 2. The van der Waals surface area contributed by atoms with E-state index in [0.29, 0.717) is 6.42 Å². The van der Waals surface area contributed by atoms with E-state index in [2.05, 4.69) is 14.9 Å². The number of imidazole rings is 1. The van der Waals surface area contributed by atoms with Crippen LogP contribution in [0.25, 0.3) is 0 Å². The van der Waals surface area contributed by atoms with Gasteiger partial charge in [-0.2, -0.15) is 0 Å². The van der Waals surface area contributed by atoms with Crippen molar-refractivity contribution in [1.29, 1.82) is 0 Å². The van der Waals surface area contributed by atoms with Gasteiger partial charge in [0, 0.05) is 24.2 Å². The number of aromatic nitrogens is 2. The summed E-state index contributed by atoms with van der Waals surface area (Å²) >= 11 is 0. The van der Waals surface area contributed by atoms with Crippen molar-refractivity contribution in [2.45, 2.75) is 19.0 Å². The average molecular weight is 241 g/mol. The van der Waals surface area contributed by atoms with E-state index in [-0.39, 0.29) is 11.8 Å². The number of hydrogen-bond acceptors (Lipinski definition) is 3. The number of likely N-dealkylation sites (N-methyl/N-ethyl adjacent to an activating group) is 1. The fraction of sp³-hybridized carbons (Fsp3) is 0.286. The lowest BCUT2D eigenvalue weighted by Gasteiger charge is -2.30. The van der Waals surface area contributed by atoms with Crippen LogP contribution in [-0.4, -0.2) is 33.7 Å². The molecule has 1 aliphatic rings. The highest BCUT2D eigenvalue weighted by Crippen LogP contribution is 2.21. The highest BCUT2D eigenvalue weighted by Gasteiger charge is 2.30. The zero-order chi connectivity index (χ0) is 12.5. The molecule has 2 aromatic rings. The Kier molecular flexibility index (Phi) is 2.72. The van der Waals surface area contributed by atoms with E-state index in [1.165, 1.54) is 0 Å². The van der Waals surface area contributed by atoms with E-state index in [1.807, 2.05) is 37.4 Å². The summed E-state index contributed by atoms with van der Waals surface area (Å²) in [6, 6.07) is 9.38. The Morgan fingerprint density at radius 3 is 2.94 bits per heavy atom. The van der Waals surface area contributed by atoms with E-state index in [1.54, 1.807) is 6.33 Å². The predicted molar refractivity (Wildman–Crippen MR) is 68.3 cm³/mol. The molecule has 18 heavy (non-hydrogen) atoms. The number of fused-ring (bicyclic) bond motifs is 1. The molecule has 0 fully saturated rings.